The predicted molar refractivity (Wildman–Crippen MR) is 102 cm³/mol. The van der Waals surface area contributed by atoms with Crippen molar-refractivity contribution in [1.29, 1.82) is 0 Å². The minimum Gasteiger partial charge on any atom is -0.383 e. The van der Waals surface area contributed by atoms with Crippen molar-refractivity contribution in [3.8, 4) is 11.4 Å². The maximum absolute atomic E-state index is 12.2. The monoisotopic (exact) mass is 378 g/mol. The Hall–Kier alpha value is -1.90. The lowest BCUT2D eigenvalue weighted by Gasteiger charge is -2.13. The van der Waals surface area contributed by atoms with E-state index >= 15 is 0 Å². The Kier molecular flexibility index (Phi) is 8.08. The van der Waals surface area contributed by atoms with E-state index in [4.69, 9.17) is 9.47 Å². The number of hydrogen-bond donors (Lipinski definition) is 1. The number of thioether (sulfide) groups is 1. The molecule has 0 aliphatic heterocycles. The van der Waals surface area contributed by atoms with Gasteiger partial charge in [0.2, 0.25) is 5.91 Å². The smallest absolute Gasteiger partial charge is 0.233 e. The van der Waals surface area contributed by atoms with Crippen LogP contribution in [0.25, 0.3) is 11.4 Å². The summed E-state index contributed by atoms with van der Waals surface area (Å²) >= 11 is 1.39. The van der Waals surface area contributed by atoms with Crippen LogP contribution >= 0.6 is 11.8 Å². The molecule has 0 spiro atoms. The van der Waals surface area contributed by atoms with Gasteiger partial charge in [-0.1, -0.05) is 35.5 Å². The Morgan fingerprint density at radius 1 is 1.27 bits per heavy atom. The van der Waals surface area contributed by atoms with E-state index in [2.05, 4.69) is 21.6 Å². The molecule has 26 heavy (non-hydrogen) atoms. The van der Waals surface area contributed by atoms with Gasteiger partial charge in [-0.2, -0.15) is 0 Å². The zero-order valence-electron chi connectivity index (χ0n) is 15.7. The van der Waals surface area contributed by atoms with E-state index in [-0.39, 0.29) is 11.2 Å². The summed E-state index contributed by atoms with van der Waals surface area (Å²) in [5, 5.41) is 11.9. The predicted octanol–water partition coefficient (Wildman–Crippen LogP) is 2.14. The highest BCUT2D eigenvalue weighted by atomic mass is 32.2. The number of ether oxygens (including phenoxy) is 2. The lowest BCUT2D eigenvalue weighted by molar-refractivity contribution is -0.120. The van der Waals surface area contributed by atoms with E-state index in [1.807, 2.05) is 36.6 Å². The molecule has 0 radical (unpaired) electrons. The lowest BCUT2D eigenvalue weighted by atomic mass is 10.1. The van der Waals surface area contributed by atoms with Crippen LogP contribution in [0.4, 0.5) is 0 Å². The van der Waals surface area contributed by atoms with Crippen LogP contribution in [0.1, 0.15) is 12.5 Å². The number of aryl methyl sites for hydroxylation is 1. The van der Waals surface area contributed by atoms with Gasteiger partial charge in [0.15, 0.2) is 11.0 Å². The molecule has 1 amide bonds. The summed E-state index contributed by atoms with van der Waals surface area (Å²) < 4.78 is 12.2. The molecule has 1 aromatic carbocycles. The van der Waals surface area contributed by atoms with Crippen LogP contribution in [0.15, 0.2) is 29.4 Å². The van der Waals surface area contributed by atoms with Crippen LogP contribution in [0.3, 0.4) is 0 Å². The summed E-state index contributed by atoms with van der Waals surface area (Å²) in [5.41, 5.74) is 2.15. The van der Waals surface area contributed by atoms with Crippen molar-refractivity contribution in [2.45, 2.75) is 30.8 Å². The molecule has 142 valence electrons. The third-order valence-electron chi connectivity index (χ3n) is 3.77. The molecule has 0 fully saturated rings. The third kappa shape index (κ3) is 5.55. The van der Waals surface area contributed by atoms with Crippen LogP contribution < -0.4 is 5.32 Å². The second-order valence-electron chi connectivity index (χ2n) is 5.86. The average Bonchev–Trinajstić information content (AvgIpc) is 3.02. The number of benzene rings is 1. The van der Waals surface area contributed by atoms with Crippen molar-refractivity contribution in [3.63, 3.8) is 0 Å². The Labute approximate surface area is 158 Å². The Morgan fingerprint density at radius 3 is 2.73 bits per heavy atom. The Morgan fingerprint density at radius 2 is 2.04 bits per heavy atom. The minimum atomic E-state index is -0.289. The van der Waals surface area contributed by atoms with Crippen molar-refractivity contribution in [1.82, 2.24) is 20.1 Å². The van der Waals surface area contributed by atoms with Gasteiger partial charge in [0.25, 0.3) is 0 Å². The highest BCUT2D eigenvalue weighted by Crippen LogP contribution is 2.27. The van der Waals surface area contributed by atoms with Gasteiger partial charge >= 0.3 is 0 Å². The number of aromatic nitrogens is 3. The topological polar surface area (TPSA) is 78.3 Å². The second kappa shape index (κ2) is 10.3. The Balaban J connectivity index is 2.18. The summed E-state index contributed by atoms with van der Waals surface area (Å²) in [6, 6.07) is 8.12. The first kappa shape index (κ1) is 20.4. The van der Waals surface area contributed by atoms with Gasteiger partial charge in [-0.25, -0.2) is 0 Å². The first-order valence-corrected chi connectivity index (χ1v) is 9.37. The van der Waals surface area contributed by atoms with Gasteiger partial charge in [0.1, 0.15) is 0 Å². The number of hydrogen-bond acceptors (Lipinski definition) is 6. The summed E-state index contributed by atoms with van der Waals surface area (Å²) in [4.78, 5) is 12.2. The average molecular weight is 378 g/mol. The fourth-order valence-electron chi connectivity index (χ4n) is 2.39. The molecular formula is C18H26N4O3S. The molecule has 1 N–H and O–H groups in total. The van der Waals surface area contributed by atoms with Crippen LogP contribution in [0, 0.1) is 6.92 Å². The van der Waals surface area contributed by atoms with Gasteiger partial charge in [-0.3, -0.25) is 9.36 Å². The zero-order valence-corrected chi connectivity index (χ0v) is 16.5. The largest absolute Gasteiger partial charge is 0.383 e. The first-order chi connectivity index (χ1) is 12.6. The molecule has 0 saturated carbocycles. The van der Waals surface area contributed by atoms with Gasteiger partial charge < -0.3 is 14.8 Å². The van der Waals surface area contributed by atoms with Crippen molar-refractivity contribution >= 4 is 17.7 Å². The molecule has 7 nitrogen and oxygen atoms in total. The van der Waals surface area contributed by atoms with Crippen molar-refractivity contribution in [3.05, 3.63) is 29.8 Å². The van der Waals surface area contributed by atoms with E-state index in [1.54, 1.807) is 14.2 Å². The Bertz CT molecular complexity index is 720. The van der Waals surface area contributed by atoms with Gasteiger partial charge in [0.05, 0.1) is 25.0 Å². The highest BCUT2D eigenvalue weighted by molar-refractivity contribution is 8.00. The molecule has 1 aromatic heterocycles. The molecule has 0 bridgehead atoms. The molecule has 1 atom stereocenters. The van der Waals surface area contributed by atoms with Crippen molar-refractivity contribution in [2.75, 3.05) is 34.0 Å². The summed E-state index contributed by atoms with van der Waals surface area (Å²) in [7, 11) is 3.27. The van der Waals surface area contributed by atoms with Gasteiger partial charge in [0, 0.05) is 26.3 Å². The minimum absolute atomic E-state index is 0.0505. The second-order valence-corrected chi connectivity index (χ2v) is 7.17. The third-order valence-corrected chi connectivity index (χ3v) is 4.85. The summed E-state index contributed by atoms with van der Waals surface area (Å²) in [5.74, 6) is 0.727. The van der Waals surface area contributed by atoms with Crippen LogP contribution in [-0.4, -0.2) is 59.9 Å². The number of carbonyl (C=O) groups is 1. The number of nitrogens with zero attached hydrogens (tertiary/aromatic N) is 3. The van der Waals surface area contributed by atoms with E-state index in [0.717, 1.165) is 17.0 Å². The quantitative estimate of drug-likeness (QED) is 0.504. The molecule has 0 aliphatic carbocycles. The maximum atomic E-state index is 12.2. The van der Waals surface area contributed by atoms with Gasteiger partial charge in [-0.15, -0.1) is 10.2 Å². The van der Waals surface area contributed by atoms with Crippen LogP contribution in [0.2, 0.25) is 0 Å². The van der Waals surface area contributed by atoms with E-state index < -0.39 is 0 Å². The summed E-state index contributed by atoms with van der Waals surface area (Å²) in [6.07, 6.45) is 0. The van der Waals surface area contributed by atoms with Crippen LogP contribution in [0.5, 0.6) is 0 Å². The van der Waals surface area contributed by atoms with Crippen molar-refractivity contribution < 1.29 is 14.3 Å². The standard InChI is InChI=1S/C18H26N4O3S/c1-13-6-5-7-15(12-13)16-20-21-18(22(16)9-11-25-4)26-14(2)17(23)19-8-10-24-3/h5-7,12,14H,8-11H2,1-4H3,(H,19,23)/t14-/m0/s1. The summed E-state index contributed by atoms with van der Waals surface area (Å²) in [6.45, 7) is 6.04. The number of rotatable bonds is 10. The first-order valence-electron chi connectivity index (χ1n) is 8.49. The van der Waals surface area contributed by atoms with Crippen molar-refractivity contribution in [2.24, 2.45) is 0 Å². The molecule has 2 rings (SSSR count). The molecule has 0 aliphatic rings. The SMILES string of the molecule is COCCNC(=O)[C@H](C)Sc1nnc(-c2cccc(C)c2)n1CCOC. The molecule has 8 heteroatoms. The zero-order chi connectivity index (χ0) is 18.9. The molecular weight excluding hydrogens is 352 g/mol. The van der Waals surface area contributed by atoms with E-state index in [0.29, 0.717) is 31.5 Å². The fraction of sp³-hybridized carbons (Fsp3) is 0.500. The normalized spacial score (nSPS) is 12.2. The van der Waals surface area contributed by atoms with Gasteiger partial charge in [-0.05, 0) is 19.9 Å². The number of methoxy groups -OCH3 is 2. The highest BCUT2D eigenvalue weighted by Gasteiger charge is 2.20. The van der Waals surface area contributed by atoms with E-state index in [9.17, 15) is 4.79 Å². The molecule has 0 unspecified atom stereocenters. The molecule has 2 aromatic rings. The number of nitrogens with one attached hydrogen (secondary N) is 1. The lowest BCUT2D eigenvalue weighted by Crippen LogP contribution is -2.33. The molecule has 1 heterocycles. The molecule has 0 saturated heterocycles. The number of carbonyl (C=O) groups excluding carboxylic acids is 1. The van der Waals surface area contributed by atoms with E-state index in [1.165, 1.54) is 11.8 Å². The van der Waals surface area contributed by atoms with Crippen LogP contribution in [-0.2, 0) is 20.8 Å². The fourth-order valence-corrected chi connectivity index (χ4v) is 3.29. The number of amides is 1. The maximum Gasteiger partial charge on any atom is 0.233 e.